The molecule has 0 saturated carbocycles. The van der Waals surface area contributed by atoms with Gasteiger partial charge in [-0.05, 0) is 13.0 Å². The third-order valence-corrected chi connectivity index (χ3v) is 1.07. The number of halogens is 1. The van der Waals surface area contributed by atoms with Gasteiger partial charge >= 0.3 is 0 Å². The maximum absolute atomic E-state index is 5.63. The fourth-order valence-electron chi connectivity index (χ4n) is 0.400. The van der Waals surface area contributed by atoms with Crippen LogP contribution in [0.15, 0.2) is 11.1 Å². The summed E-state index contributed by atoms with van der Waals surface area (Å²) < 4.78 is 0.935. The highest BCUT2D eigenvalue weighted by molar-refractivity contribution is 6.29. The maximum atomic E-state index is 5.63. The van der Waals surface area contributed by atoms with Gasteiger partial charge in [-0.2, -0.15) is 0 Å². The fourth-order valence-corrected chi connectivity index (χ4v) is 0.469. The zero-order valence-electron chi connectivity index (χ0n) is 6.61. The molecule has 9 heavy (non-hydrogen) atoms. The van der Waals surface area contributed by atoms with Crippen molar-refractivity contribution in [2.75, 3.05) is 27.7 Å². The Morgan fingerprint density at radius 3 is 2.00 bits per heavy atom. The van der Waals surface area contributed by atoms with Crippen LogP contribution in [0.5, 0.6) is 0 Å². The van der Waals surface area contributed by atoms with Crippen molar-refractivity contribution in [2.24, 2.45) is 0 Å². The molecule has 0 aliphatic heterocycles. The van der Waals surface area contributed by atoms with Crippen molar-refractivity contribution in [3.05, 3.63) is 11.1 Å². The van der Waals surface area contributed by atoms with E-state index in [1.807, 2.05) is 13.0 Å². The second-order valence-corrected chi connectivity index (χ2v) is 3.86. The van der Waals surface area contributed by atoms with Gasteiger partial charge < -0.3 is 4.48 Å². The summed E-state index contributed by atoms with van der Waals surface area (Å²) in [5.74, 6) is 0. The first-order valence-electron chi connectivity index (χ1n) is 3.04. The molecule has 0 atom stereocenters. The van der Waals surface area contributed by atoms with Gasteiger partial charge in [-0.1, -0.05) is 11.6 Å². The predicted molar refractivity (Wildman–Crippen MR) is 42.5 cm³/mol. The van der Waals surface area contributed by atoms with Crippen molar-refractivity contribution in [1.29, 1.82) is 0 Å². The third-order valence-electron chi connectivity index (χ3n) is 0.920. The molecule has 0 aromatic rings. The van der Waals surface area contributed by atoms with Gasteiger partial charge in [0.1, 0.15) is 0 Å². The lowest BCUT2D eigenvalue weighted by Crippen LogP contribution is -2.34. The summed E-state index contributed by atoms with van der Waals surface area (Å²) in [6.45, 7) is 2.90. The molecule has 0 rings (SSSR count). The minimum Gasteiger partial charge on any atom is -0.328 e. The molecule has 54 valence electrons. The van der Waals surface area contributed by atoms with Crippen LogP contribution in [0.3, 0.4) is 0 Å². The van der Waals surface area contributed by atoms with Crippen molar-refractivity contribution in [3.8, 4) is 0 Å². The Kier molecular flexibility index (Phi) is 3.23. The Bertz CT molecular complexity index is 107. The third kappa shape index (κ3) is 7.99. The van der Waals surface area contributed by atoms with E-state index >= 15 is 0 Å². The van der Waals surface area contributed by atoms with Crippen LogP contribution in [-0.4, -0.2) is 32.2 Å². The number of quaternary nitrogens is 1. The summed E-state index contributed by atoms with van der Waals surface area (Å²) >= 11 is 5.63. The van der Waals surface area contributed by atoms with E-state index < -0.39 is 0 Å². The molecular weight excluding hydrogens is 134 g/mol. The largest absolute Gasteiger partial charge is 0.328 e. The summed E-state index contributed by atoms with van der Waals surface area (Å²) in [6.07, 6.45) is 2.03. The van der Waals surface area contributed by atoms with Crippen LogP contribution in [0.4, 0.5) is 0 Å². The van der Waals surface area contributed by atoms with Crippen LogP contribution >= 0.6 is 11.6 Å². The molecule has 0 amide bonds. The molecule has 0 unspecified atom stereocenters. The average molecular weight is 149 g/mol. The Morgan fingerprint density at radius 2 is 1.89 bits per heavy atom. The van der Waals surface area contributed by atoms with Crippen LogP contribution in [0, 0.1) is 0 Å². The molecule has 0 aliphatic carbocycles. The molecule has 0 spiro atoms. The number of likely N-dealkylation sites (N-methyl/N-ethyl adjacent to an activating group) is 1. The van der Waals surface area contributed by atoms with E-state index in [9.17, 15) is 0 Å². The van der Waals surface area contributed by atoms with Crippen LogP contribution in [0.25, 0.3) is 0 Å². The van der Waals surface area contributed by atoms with Crippen LogP contribution in [0.1, 0.15) is 6.92 Å². The number of hydrogen-bond donors (Lipinski definition) is 0. The standard InChI is InChI=1S/C7H15ClN/c1-7(8)5-6-9(2,3)4/h5H,6H2,1-4H3/q+1. The average Bonchev–Trinajstić information content (AvgIpc) is 1.59. The summed E-state index contributed by atoms with van der Waals surface area (Å²) in [5, 5.41) is 0.878. The van der Waals surface area contributed by atoms with E-state index in [1.165, 1.54) is 0 Å². The lowest BCUT2D eigenvalue weighted by Gasteiger charge is -2.21. The first-order chi connectivity index (χ1) is 3.92. The van der Waals surface area contributed by atoms with Crippen LogP contribution in [-0.2, 0) is 0 Å². The minimum atomic E-state index is 0.878. The lowest BCUT2D eigenvalue weighted by molar-refractivity contribution is -0.864. The molecule has 2 heteroatoms. The van der Waals surface area contributed by atoms with E-state index in [2.05, 4.69) is 21.1 Å². The number of hydrogen-bond acceptors (Lipinski definition) is 0. The summed E-state index contributed by atoms with van der Waals surface area (Å²) in [6, 6.07) is 0. The molecular formula is C7H15ClN+. The number of allylic oxidation sites excluding steroid dienone is 1. The first kappa shape index (κ1) is 8.99. The van der Waals surface area contributed by atoms with Crippen molar-refractivity contribution in [2.45, 2.75) is 6.92 Å². The molecule has 0 fully saturated rings. The fraction of sp³-hybridized carbons (Fsp3) is 0.714. The maximum Gasteiger partial charge on any atom is 0.0981 e. The molecule has 0 aromatic heterocycles. The molecule has 1 nitrogen and oxygen atoms in total. The van der Waals surface area contributed by atoms with Gasteiger partial charge in [-0.3, -0.25) is 0 Å². The summed E-state index contributed by atoms with van der Waals surface area (Å²) in [4.78, 5) is 0. The van der Waals surface area contributed by atoms with Gasteiger partial charge in [-0.15, -0.1) is 0 Å². The quantitative estimate of drug-likeness (QED) is 0.525. The van der Waals surface area contributed by atoms with Gasteiger partial charge in [0.2, 0.25) is 0 Å². The molecule has 0 heterocycles. The Hall–Kier alpha value is -0.0100. The summed E-state index contributed by atoms with van der Waals surface area (Å²) in [7, 11) is 6.41. The monoisotopic (exact) mass is 148 g/mol. The van der Waals surface area contributed by atoms with E-state index in [0.29, 0.717) is 0 Å². The van der Waals surface area contributed by atoms with E-state index in [0.717, 1.165) is 16.1 Å². The minimum absolute atomic E-state index is 0.878. The van der Waals surface area contributed by atoms with Crippen LogP contribution < -0.4 is 0 Å². The molecule has 0 aromatic carbocycles. The van der Waals surface area contributed by atoms with Crippen molar-refractivity contribution >= 4 is 11.6 Å². The Morgan fingerprint density at radius 1 is 1.44 bits per heavy atom. The van der Waals surface area contributed by atoms with Gasteiger partial charge in [0.05, 0.1) is 27.7 Å². The second kappa shape index (κ2) is 3.23. The van der Waals surface area contributed by atoms with Crippen molar-refractivity contribution in [3.63, 3.8) is 0 Å². The SMILES string of the molecule is CC(Cl)=CC[N+](C)(C)C. The van der Waals surface area contributed by atoms with Gasteiger partial charge in [-0.25, -0.2) is 0 Å². The van der Waals surface area contributed by atoms with Crippen molar-refractivity contribution in [1.82, 2.24) is 0 Å². The van der Waals surface area contributed by atoms with E-state index in [-0.39, 0.29) is 0 Å². The topological polar surface area (TPSA) is 0 Å². The van der Waals surface area contributed by atoms with Gasteiger partial charge in [0.25, 0.3) is 0 Å². The smallest absolute Gasteiger partial charge is 0.0981 e. The highest BCUT2D eigenvalue weighted by Crippen LogP contribution is 1.99. The number of nitrogens with zero attached hydrogens (tertiary/aromatic N) is 1. The van der Waals surface area contributed by atoms with Gasteiger partial charge in [0.15, 0.2) is 0 Å². The highest BCUT2D eigenvalue weighted by atomic mass is 35.5. The Labute approximate surface area is 62.5 Å². The van der Waals surface area contributed by atoms with Gasteiger partial charge in [0, 0.05) is 5.03 Å². The Balaban J connectivity index is 3.64. The number of rotatable bonds is 2. The molecule has 0 saturated heterocycles. The predicted octanol–water partition coefficient (Wildman–Crippen LogP) is 1.84. The molecule has 0 N–H and O–H groups in total. The first-order valence-corrected chi connectivity index (χ1v) is 3.42. The molecule has 0 bridgehead atoms. The summed E-state index contributed by atoms with van der Waals surface area (Å²) in [5.41, 5.74) is 0. The molecule has 0 aliphatic rings. The van der Waals surface area contributed by atoms with E-state index in [1.54, 1.807) is 0 Å². The van der Waals surface area contributed by atoms with Crippen LogP contribution in [0.2, 0.25) is 0 Å². The highest BCUT2D eigenvalue weighted by Gasteiger charge is 2.01. The van der Waals surface area contributed by atoms with Crippen molar-refractivity contribution < 1.29 is 4.48 Å². The lowest BCUT2D eigenvalue weighted by atomic mass is 10.4. The molecule has 0 radical (unpaired) electrons. The second-order valence-electron chi connectivity index (χ2n) is 3.26. The zero-order chi connectivity index (χ0) is 7.49. The van der Waals surface area contributed by atoms with E-state index in [4.69, 9.17) is 11.6 Å². The zero-order valence-corrected chi connectivity index (χ0v) is 7.37. The normalized spacial score (nSPS) is 14.1.